The van der Waals surface area contributed by atoms with Gasteiger partial charge in [0, 0.05) is 24.5 Å². The van der Waals surface area contributed by atoms with Crippen LogP contribution in [-0.4, -0.2) is 13.4 Å². The standard InChI is InChI=1S/C12H11NO3S/c1-10-2-4-12(5-3-10)17(14,15)16-11-6-8-13-9-7-11/h2-9H,1H3. The van der Waals surface area contributed by atoms with Crippen molar-refractivity contribution in [2.75, 3.05) is 0 Å². The molecule has 1 heterocycles. The molecule has 17 heavy (non-hydrogen) atoms. The molecule has 1 aromatic heterocycles. The van der Waals surface area contributed by atoms with Gasteiger partial charge in [-0.25, -0.2) is 0 Å². The highest BCUT2D eigenvalue weighted by Crippen LogP contribution is 2.17. The number of hydrogen-bond acceptors (Lipinski definition) is 4. The predicted molar refractivity (Wildman–Crippen MR) is 63.2 cm³/mol. The minimum absolute atomic E-state index is 0.139. The molecule has 0 atom stereocenters. The molecular formula is C12H11NO3S. The third-order valence-electron chi connectivity index (χ3n) is 2.17. The first-order chi connectivity index (χ1) is 8.08. The van der Waals surface area contributed by atoms with Crippen LogP contribution in [0.2, 0.25) is 0 Å². The average Bonchev–Trinajstić information content (AvgIpc) is 2.30. The van der Waals surface area contributed by atoms with E-state index in [1.165, 1.54) is 36.7 Å². The summed E-state index contributed by atoms with van der Waals surface area (Å²) in [6.07, 6.45) is 2.94. The monoisotopic (exact) mass is 249 g/mol. The Morgan fingerprint density at radius 1 is 1.00 bits per heavy atom. The summed E-state index contributed by atoms with van der Waals surface area (Å²) in [6, 6.07) is 9.47. The Bertz CT molecular complexity index is 591. The number of rotatable bonds is 3. The lowest BCUT2D eigenvalue weighted by Crippen LogP contribution is -2.09. The van der Waals surface area contributed by atoms with E-state index in [0.717, 1.165) is 5.56 Å². The van der Waals surface area contributed by atoms with Crippen LogP contribution in [0.15, 0.2) is 53.7 Å². The fraction of sp³-hybridized carbons (Fsp3) is 0.0833. The molecule has 1 aromatic carbocycles. The van der Waals surface area contributed by atoms with E-state index in [1.807, 2.05) is 6.92 Å². The highest BCUT2D eigenvalue weighted by atomic mass is 32.2. The van der Waals surface area contributed by atoms with Crippen LogP contribution in [0.5, 0.6) is 5.75 Å². The Morgan fingerprint density at radius 3 is 2.18 bits per heavy atom. The zero-order chi connectivity index (χ0) is 12.3. The minimum Gasteiger partial charge on any atom is -0.379 e. The molecule has 2 rings (SSSR count). The van der Waals surface area contributed by atoms with E-state index < -0.39 is 10.1 Å². The van der Waals surface area contributed by atoms with Crippen molar-refractivity contribution in [1.29, 1.82) is 0 Å². The maximum Gasteiger partial charge on any atom is 0.339 e. The van der Waals surface area contributed by atoms with Gasteiger partial charge in [0.05, 0.1) is 0 Å². The van der Waals surface area contributed by atoms with E-state index in [0.29, 0.717) is 0 Å². The predicted octanol–water partition coefficient (Wildman–Crippen LogP) is 2.16. The van der Waals surface area contributed by atoms with E-state index >= 15 is 0 Å². The molecule has 4 nitrogen and oxygen atoms in total. The first-order valence-corrected chi connectivity index (χ1v) is 6.40. The van der Waals surface area contributed by atoms with Crippen molar-refractivity contribution >= 4 is 10.1 Å². The molecule has 0 fully saturated rings. The second-order valence-electron chi connectivity index (χ2n) is 3.53. The third kappa shape index (κ3) is 2.82. The SMILES string of the molecule is Cc1ccc(S(=O)(=O)Oc2ccncc2)cc1. The Labute approximate surface area is 100 Å². The van der Waals surface area contributed by atoms with Gasteiger partial charge in [0.25, 0.3) is 0 Å². The number of benzene rings is 1. The third-order valence-corrected chi connectivity index (χ3v) is 3.43. The number of pyridine rings is 1. The van der Waals surface area contributed by atoms with Crippen LogP contribution in [0.1, 0.15) is 5.56 Å². The molecule has 0 radical (unpaired) electrons. The highest BCUT2D eigenvalue weighted by Gasteiger charge is 2.15. The fourth-order valence-electron chi connectivity index (χ4n) is 1.27. The van der Waals surface area contributed by atoms with Gasteiger partial charge in [-0.3, -0.25) is 4.98 Å². The molecule has 88 valence electrons. The van der Waals surface area contributed by atoms with Gasteiger partial charge >= 0.3 is 10.1 Å². The number of aromatic nitrogens is 1. The average molecular weight is 249 g/mol. The van der Waals surface area contributed by atoms with Crippen molar-refractivity contribution in [3.05, 3.63) is 54.4 Å². The molecule has 0 saturated carbocycles. The molecule has 0 spiro atoms. The normalized spacial score (nSPS) is 11.1. The van der Waals surface area contributed by atoms with Crippen molar-refractivity contribution in [1.82, 2.24) is 4.98 Å². The summed E-state index contributed by atoms with van der Waals surface area (Å²) in [7, 11) is -3.76. The van der Waals surface area contributed by atoms with Crippen molar-refractivity contribution < 1.29 is 12.6 Å². The fourth-order valence-corrected chi connectivity index (χ4v) is 2.20. The summed E-state index contributed by atoms with van der Waals surface area (Å²) in [5.74, 6) is 0.251. The number of nitrogens with zero attached hydrogens (tertiary/aromatic N) is 1. The van der Waals surface area contributed by atoms with E-state index in [-0.39, 0.29) is 10.6 Å². The first-order valence-electron chi connectivity index (χ1n) is 4.99. The Balaban J connectivity index is 2.29. The van der Waals surface area contributed by atoms with Crippen LogP contribution < -0.4 is 4.18 Å². The molecule has 5 heteroatoms. The summed E-state index contributed by atoms with van der Waals surface area (Å²) in [5.41, 5.74) is 0.993. The quantitative estimate of drug-likeness (QED) is 0.782. The zero-order valence-corrected chi connectivity index (χ0v) is 10.0. The second-order valence-corrected chi connectivity index (χ2v) is 5.08. The number of aryl methyl sites for hydroxylation is 1. The summed E-state index contributed by atoms with van der Waals surface area (Å²) in [5, 5.41) is 0. The van der Waals surface area contributed by atoms with Crippen LogP contribution in [0, 0.1) is 6.92 Å². The molecule has 0 aliphatic heterocycles. The van der Waals surface area contributed by atoms with Crippen LogP contribution in [0.25, 0.3) is 0 Å². The molecule has 0 aliphatic rings. The van der Waals surface area contributed by atoms with E-state index in [1.54, 1.807) is 12.1 Å². The summed E-state index contributed by atoms with van der Waals surface area (Å²) >= 11 is 0. The summed E-state index contributed by atoms with van der Waals surface area (Å²) < 4.78 is 28.7. The molecule has 0 amide bonds. The molecule has 0 bridgehead atoms. The van der Waals surface area contributed by atoms with Gasteiger partial charge in [-0.2, -0.15) is 8.42 Å². The van der Waals surface area contributed by atoms with Gasteiger partial charge in [-0.15, -0.1) is 0 Å². The summed E-state index contributed by atoms with van der Waals surface area (Å²) in [4.78, 5) is 3.92. The molecule has 0 N–H and O–H groups in total. The van der Waals surface area contributed by atoms with Crippen LogP contribution in [-0.2, 0) is 10.1 Å². The lowest BCUT2D eigenvalue weighted by molar-refractivity contribution is 0.485. The lowest BCUT2D eigenvalue weighted by Gasteiger charge is -2.06. The van der Waals surface area contributed by atoms with E-state index in [4.69, 9.17) is 4.18 Å². The van der Waals surface area contributed by atoms with Gasteiger partial charge < -0.3 is 4.18 Å². The minimum atomic E-state index is -3.76. The Hall–Kier alpha value is -1.88. The van der Waals surface area contributed by atoms with Crippen LogP contribution in [0.3, 0.4) is 0 Å². The van der Waals surface area contributed by atoms with Crippen molar-refractivity contribution in [2.24, 2.45) is 0 Å². The molecule has 2 aromatic rings. The second kappa shape index (κ2) is 4.55. The van der Waals surface area contributed by atoms with Crippen molar-refractivity contribution in [2.45, 2.75) is 11.8 Å². The first kappa shape index (κ1) is 11.6. The van der Waals surface area contributed by atoms with Gasteiger partial charge in [0.15, 0.2) is 0 Å². The van der Waals surface area contributed by atoms with Gasteiger partial charge in [0.2, 0.25) is 0 Å². The molecule has 0 aliphatic carbocycles. The van der Waals surface area contributed by atoms with Crippen LogP contribution >= 0.6 is 0 Å². The zero-order valence-electron chi connectivity index (χ0n) is 9.20. The maximum atomic E-state index is 11.9. The smallest absolute Gasteiger partial charge is 0.339 e. The molecule has 0 saturated heterocycles. The van der Waals surface area contributed by atoms with Crippen molar-refractivity contribution in [3.8, 4) is 5.75 Å². The molecular weight excluding hydrogens is 238 g/mol. The van der Waals surface area contributed by atoms with Gasteiger partial charge in [-0.05, 0) is 19.1 Å². The largest absolute Gasteiger partial charge is 0.379 e. The Kier molecular flexibility index (Phi) is 3.10. The van der Waals surface area contributed by atoms with E-state index in [9.17, 15) is 8.42 Å². The van der Waals surface area contributed by atoms with Crippen LogP contribution in [0.4, 0.5) is 0 Å². The lowest BCUT2D eigenvalue weighted by atomic mass is 10.2. The van der Waals surface area contributed by atoms with Gasteiger partial charge in [0.1, 0.15) is 10.6 Å². The highest BCUT2D eigenvalue weighted by molar-refractivity contribution is 7.87. The Morgan fingerprint density at radius 2 is 1.59 bits per heavy atom. The summed E-state index contributed by atoms with van der Waals surface area (Å²) in [6.45, 7) is 1.89. The topological polar surface area (TPSA) is 56.3 Å². The molecule has 0 unspecified atom stereocenters. The maximum absolute atomic E-state index is 11.9. The van der Waals surface area contributed by atoms with Gasteiger partial charge in [-0.1, -0.05) is 17.7 Å². The number of hydrogen-bond donors (Lipinski definition) is 0. The van der Waals surface area contributed by atoms with Crippen molar-refractivity contribution in [3.63, 3.8) is 0 Å². The van der Waals surface area contributed by atoms with E-state index in [2.05, 4.69) is 4.98 Å².